The van der Waals surface area contributed by atoms with Crippen LogP contribution in [0.15, 0.2) is 66.7 Å². The predicted octanol–water partition coefficient (Wildman–Crippen LogP) is 4.99. The number of carbonyl (C=O) groups excluding carboxylic acids is 2. The number of anilines is 4. The van der Waals surface area contributed by atoms with E-state index in [0.717, 1.165) is 61.0 Å². The Hall–Kier alpha value is -4.24. The monoisotopic (exact) mass is 545 g/mol. The highest BCUT2D eigenvalue weighted by atomic mass is 16.5. The number of hydrogen-bond donors (Lipinski definition) is 3. The molecule has 0 aromatic heterocycles. The molecule has 3 aromatic rings. The van der Waals surface area contributed by atoms with Crippen LogP contribution in [0, 0.1) is 0 Å². The van der Waals surface area contributed by atoms with Crippen molar-refractivity contribution in [1.29, 1.82) is 0 Å². The minimum absolute atomic E-state index is 0.182. The molecule has 0 unspecified atom stereocenters. The van der Waals surface area contributed by atoms with Gasteiger partial charge < -0.3 is 35.2 Å². The summed E-state index contributed by atoms with van der Waals surface area (Å²) in [6.07, 6.45) is 1.60. The molecule has 9 heteroatoms. The van der Waals surface area contributed by atoms with Gasteiger partial charge >= 0.3 is 6.03 Å². The number of carbonyl (C=O) groups is 2. The molecule has 0 radical (unpaired) electrons. The maximum absolute atomic E-state index is 13.3. The first-order chi connectivity index (χ1) is 19.5. The number of piperazine rings is 1. The molecular weight excluding hydrogens is 506 g/mol. The van der Waals surface area contributed by atoms with Gasteiger partial charge in [0.15, 0.2) is 0 Å². The van der Waals surface area contributed by atoms with Crippen molar-refractivity contribution in [3.05, 3.63) is 77.9 Å². The number of amides is 3. The van der Waals surface area contributed by atoms with Crippen LogP contribution in [-0.2, 0) is 11.2 Å². The molecule has 1 fully saturated rings. The lowest BCUT2D eigenvalue weighted by Crippen LogP contribution is -2.47. The third kappa shape index (κ3) is 7.45. The van der Waals surface area contributed by atoms with Crippen molar-refractivity contribution in [2.24, 2.45) is 0 Å². The Kier molecular flexibility index (Phi) is 10.2. The summed E-state index contributed by atoms with van der Waals surface area (Å²) in [7, 11) is 3.33. The Balaban J connectivity index is 1.49. The first-order valence-electron chi connectivity index (χ1n) is 13.7. The van der Waals surface area contributed by atoms with Crippen LogP contribution < -0.4 is 30.5 Å². The molecule has 0 saturated carbocycles. The van der Waals surface area contributed by atoms with Crippen LogP contribution in [0.1, 0.15) is 29.3 Å². The number of nitrogens with zero attached hydrogens (tertiary/aromatic N) is 2. The van der Waals surface area contributed by atoms with Gasteiger partial charge in [0, 0.05) is 63.5 Å². The van der Waals surface area contributed by atoms with Crippen LogP contribution in [-0.4, -0.2) is 65.5 Å². The largest absolute Gasteiger partial charge is 0.495 e. The number of rotatable bonds is 11. The van der Waals surface area contributed by atoms with E-state index in [0.29, 0.717) is 30.8 Å². The molecule has 3 aromatic carbocycles. The maximum Gasteiger partial charge on any atom is 0.323 e. The molecule has 9 nitrogen and oxygen atoms in total. The van der Waals surface area contributed by atoms with Crippen LogP contribution >= 0.6 is 0 Å². The molecule has 1 heterocycles. The Morgan fingerprint density at radius 1 is 0.825 bits per heavy atom. The van der Waals surface area contributed by atoms with Crippen molar-refractivity contribution in [3.8, 4) is 5.75 Å². The van der Waals surface area contributed by atoms with Gasteiger partial charge in [-0.2, -0.15) is 0 Å². The second kappa shape index (κ2) is 14.2. The molecule has 0 spiro atoms. The smallest absolute Gasteiger partial charge is 0.323 e. The zero-order chi connectivity index (χ0) is 28.3. The van der Waals surface area contributed by atoms with Crippen LogP contribution in [0.4, 0.5) is 27.5 Å². The number of nitrogens with one attached hydrogen (secondary N) is 3. The lowest BCUT2D eigenvalue weighted by molar-refractivity contribution is 0.0949. The Bertz CT molecular complexity index is 1290. The zero-order valence-corrected chi connectivity index (χ0v) is 23.5. The fourth-order valence-electron chi connectivity index (χ4n) is 4.83. The summed E-state index contributed by atoms with van der Waals surface area (Å²) in [6.45, 7) is 6.19. The summed E-state index contributed by atoms with van der Waals surface area (Å²) in [6, 6.07) is 20.9. The van der Waals surface area contributed by atoms with Gasteiger partial charge in [-0.15, -0.1) is 0 Å². The van der Waals surface area contributed by atoms with E-state index < -0.39 is 0 Å². The van der Waals surface area contributed by atoms with Gasteiger partial charge in [0.05, 0.1) is 18.4 Å². The third-order valence-electron chi connectivity index (χ3n) is 6.95. The van der Waals surface area contributed by atoms with Gasteiger partial charge in [0.1, 0.15) is 5.75 Å². The van der Waals surface area contributed by atoms with Gasteiger partial charge in [-0.25, -0.2) is 4.79 Å². The number of para-hydroxylation sites is 2. The highest BCUT2D eigenvalue weighted by Gasteiger charge is 2.24. The molecule has 40 heavy (non-hydrogen) atoms. The van der Waals surface area contributed by atoms with Crippen molar-refractivity contribution in [2.75, 3.05) is 74.0 Å². The van der Waals surface area contributed by atoms with Crippen LogP contribution in [0.25, 0.3) is 0 Å². The molecular formula is C31H39N5O4. The molecule has 4 rings (SSSR count). The maximum atomic E-state index is 13.3. The Labute approximate surface area is 236 Å². The number of aryl methyl sites for hydroxylation is 1. The highest BCUT2D eigenvalue weighted by Crippen LogP contribution is 2.31. The number of methoxy groups -OCH3 is 2. The fraction of sp³-hybridized carbons (Fsp3) is 0.355. The second-order valence-corrected chi connectivity index (χ2v) is 9.61. The molecule has 212 valence electrons. The molecule has 1 saturated heterocycles. The SMILES string of the molecule is CCc1cccc(NC(=O)Nc2ccc(N3CCN(c4ccccc4OC)CC3)c(C(=O)NCCCOC)c2)c1. The van der Waals surface area contributed by atoms with Crippen molar-refractivity contribution in [2.45, 2.75) is 19.8 Å². The van der Waals surface area contributed by atoms with Crippen molar-refractivity contribution in [3.63, 3.8) is 0 Å². The standard InChI is InChI=1S/C31H39N5O4/c1-4-23-9-7-10-24(21-23)33-31(38)34-25-13-14-27(26(22-25)30(37)32-15-8-20-39-2)35-16-18-36(19-17-35)28-11-5-6-12-29(28)40-3/h5-7,9-14,21-22H,4,8,15-20H2,1-3H3,(H,32,37)(H2,33,34,38). The summed E-state index contributed by atoms with van der Waals surface area (Å²) in [5, 5.41) is 8.75. The molecule has 3 N–H and O–H groups in total. The van der Waals surface area contributed by atoms with Gasteiger partial charge in [-0.1, -0.05) is 31.2 Å². The second-order valence-electron chi connectivity index (χ2n) is 9.61. The Morgan fingerprint density at radius 2 is 1.52 bits per heavy atom. The van der Waals surface area contributed by atoms with E-state index in [-0.39, 0.29) is 11.9 Å². The molecule has 1 aliphatic rings. The quantitative estimate of drug-likeness (QED) is 0.294. The van der Waals surface area contributed by atoms with E-state index in [1.807, 2.05) is 54.6 Å². The van der Waals surface area contributed by atoms with Gasteiger partial charge in [-0.05, 0) is 60.9 Å². The van der Waals surface area contributed by atoms with E-state index in [1.54, 1.807) is 20.3 Å². The van der Waals surface area contributed by atoms with E-state index in [1.165, 1.54) is 0 Å². The summed E-state index contributed by atoms with van der Waals surface area (Å²) < 4.78 is 10.7. The van der Waals surface area contributed by atoms with Crippen molar-refractivity contribution >= 4 is 34.7 Å². The summed E-state index contributed by atoms with van der Waals surface area (Å²) >= 11 is 0. The molecule has 3 amide bonds. The van der Waals surface area contributed by atoms with Gasteiger partial charge in [-0.3, -0.25) is 4.79 Å². The van der Waals surface area contributed by atoms with E-state index >= 15 is 0 Å². The molecule has 0 aliphatic carbocycles. The van der Waals surface area contributed by atoms with Crippen molar-refractivity contribution < 1.29 is 19.1 Å². The highest BCUT2D eigenvalue weighted by molar-refractivity contribution is 6.04. The average molecular weight is 546 g/mol. The zero-order valence-electron chi connectivity index (χ0n) is 23.5. The van der Waals surface area contributed by atoms with Gasteiger partial charge in [0.2, 0.25) is 0 Å². The average Bonchev–Trinajstić information content (AvgIpc) is 2.99. The lowest BCUT2D eigenvalue weighted by atomic mass is 10.1. The minimum Gasteiger partial charge on any atom is -0.495 e. The summed E-state index contributed by atoms with van der Waals surface area (Å²) in [5.41, 5.74) is 4.83. The summed E-state index contributed by atoms with van der Waals surface area (Å²) in [4.78, 5) is 30.6. The topological polar surface area (TPSA) is 95.2 Å². The summed E-state index contributed by atoms with van der Waals surface area (Å²) in [5.74, 6) is 0.667. The number of hydrogen-bond acceptors (Lipinski definition) is 6. The number of ether oxygens (including phenoxy) is 2. The van der Waals surface area contributed by atoms with Crippen LogP contribution in [0.2, 0.25) is 0 Å². The molecule has 0 bridgehead atoms. The van der Waals surface area contributed by atoms with E-state index in [4.69, 9.17) is 9.47 Å². The lowest BCUT2D eigenvalue weighted by Gasteiger charge is -2.38. The van der Waals surface area contributed by atoms with Crippen molar-refractivity contribution in [1.82, 2.24) is 5.32 Å². The number of urea groups is 1. The number of benzene rings is 3. The minimum atomic E-state index is -0.363. The predicted molar refractivity (Wildman–Crippen MR) is 161 cm³/mol. The van der Waals surface area contributed by atoms with Gasteiger partial charge in [0.25, 0.3) is 5.91 Å². The third-order valence-corrected chi connectivity index (χ3v) is 6.95. The fourth-order valence-corrected chi connectivity index (χ4v) is 4.83. The molecule has 1 aliphatic heterocycles. The Morgan fingerprint density at radius 3 is 2.23 bits per heavy atom. The van der Waals surface area contributed by atoms with E-state index in [2.05, 4.69) is 38.7 Å². The normalized spacial score (nSPS) is 13.1. The van der Waals surface area contributed by atoms with Crippen LogP contribution in [0.5, 0.6) is 5.75 Å². The van der Waals surface area contributed by atoms with Crippen LogP contribution in [0.3, 0.4) is 0 Å². The van der Waals surface area contributed by atoms with E-state index in [9.17, 15) is 9.59 Å². The first-order valence-corrected chi connectivity index (χ1v) is 13.7. The first kappa shape index (κ1) is 28.8. The molecule has 0 atom stereocenters.